The number of phenols is 1. The fourth-order valence-electron chi connectivity index (χ4n) is 2.83. The number of aromatic hydroxyl groups is 1. The van der Waals surface area contributed by atoms with Crippen LogP contribution < -0.4 is 5.32 Å². The average Bonchev–Trinajstić information content (AvgIpc) is 3.42. The molecule has 11 heteroatoms. The summed E-state index contributed by atoms with van der Waals surface area (Å²) in [7, 11) is 0. The number of rotatable bonds is 8. The maximum absolute atomic E-state index is 12.5. The number of allylic oxidation sites excluding steroid dienone is 1. The highest BCUT2D eigenvalue weighted by Gasteiger charge is 2.18. The number of amides is 1. The van der Waals surface area contributed by atoms with Crippen molar-refractivity contribution < 1.29 is 9.90 Å². The largest absolute Gasteiger partial charge is 0.507 e. The van der Waals surface area contributed by atoms with Crippen molar-refractivity contribution in [2.75, 3.05) is 11.1 Å². The average molecular weight is 529 g/mol. The third-order valence-corrected chi connectivity index (χ3v) is 6.60. The molecule has 0 unspecified atom stereocenters. The molecule has 0 fully saturated rings. The minimum Gasteiger partial charge on any atom is -0.507 e. The molecule has 0 spiro atoms. The Morgan fingerprint density at radius 1 is 1.19 bits per heavy atom. The number of benzene rings is 2. The standard InChI is InChI=1S/C21H17BrN6O2S2/c1-2-10-28-18(15-11-14(22)8-9-16(15)29)24-27-21(28)31-12-17(30)23-20-26-25-19(32-20)13-6-4-3-5-7-13/h2-9,11,29H,1,10,12H2,(H,23,26,30). The Kier molecular flexibility index (Phi) is 6.98. The number of halogens is 1. The maximum atomic E-state index is 12.5. The van der Waals surface area contributed by atoms with E-state index in [0.717, 1.165) is 15.0 Å². The van der Waals surface area contributed by atoms with E-state index >= 15 is 0 Å². The van der Waals surface area contributed by atoms with Gasteiger partial charge >= 0.3 is 0 Å². The van der Waals surface area contributed by atoms with Crippen LogP contribution in [0.2, 0.25) is 0 Å². The second kappa shape index (κ2) is 10.1. The van der Waals surface area contributed by atoms with Crippen LogP contribution in [0.4, 0.5) is 5.13 Å². The van der Waals surface area contributed by atoms with Crippen LogP contribution in [0, 0.1) is 0 Å². The van der Waals surface area contributed by atoms with Crippen molar-refractivity contribution in [3.8, 4) is 27.7 Å². The third kappa shape index (κ3) is 5.06. The summed E-state index contributed by atoms with van der Waals surface area (Å²) < 4.78 is 2.60. The van der Waals surface area contributed by atoms with Gasteiger partial charge in [-0.15, -0.1) is 27.0 Å². The Balaban J connectivity index is 1.45. The van der Waals surface area contributed by atoms with E-state index in [1.165, 1.54) is 23.1 Å². The third-order valence-electron chi connectivity index (χ3n) is 4.25. The van der Waals surface area contributed by atoms with Crippen LogP contribution in [0.5, 0.6) is 5.75 Å². The van der Waals surface area contributed by atoms with E-state index in [-0.39, 0.29) is 17.4 Å². The SMILES string of the molecule is C=CCn1c(SCC(=O)Nc2nnc(-c3ccccc3)s2)nnc1-c1cc(Br)ccc1O. The van der Waals surface area contributed by atoms with Gasteiger partial charge in [-0.05, 0) is 18.2 Å². The number of nitrogens with one attached hydrogen (secondary N) is 1. The first-order valence-electron chi connectivity index (χ1n) is 9.39. The number of carbonyl (C=O) groups excluding carboxylic acids is 1. The topological polar surface area (TPSA) is 106 Å². The summed E-state index contributed by atoms with van der Waals surface area (Å²) in [5, 5.41) is 31.3. The van der Waals surface area contributed by atoms with Crippen molar-refractivity contribution >= 4 is 50.1 Å². The van der Waals surface area contributed by atoms with Gasteiger partial charge in [0.2, 0.25) is 11.0 Å². The summed E-state index contributed by atoms with van der Waals surface area (Å²) in [4.78, 5) is 12.5. The van der Waals surface area contributed by atoms with Crippen molar-refractivity contribution in [1.29, 1.82) is 0 Å². The van der Waals surface area contributed by atoms with E-state index in [0.29, 0.717) is 28.2 Å². The van der Waals surface area contributed by atoms with Crippen molar-refractivity contribution in [1.82, 2.24) is 25.0 Å². The molecule has 1 amide bonds. The number of hydrogen-bond acceptors (Lipinski definition) is 8. The highest BCUT2D eigenvalue weighted by molar-refractivity contribution is 9.10. The molecule has 2 N–H and O–H groups in total. The van der Waals surface area contributed by atoms with Gasteiger partial charge in [0.25, 0.3) is 0 Å². The molecule has 0 aliphatic carbocycles. The minimum absolute atomic E-state index is 0.0886. The maximum Gasteiger partial charge on any atom is 0.236 e. The molecule has 0 radical (unpaired) electrons. The number of anilines is 1. The van der Waals surface area contributed by atoms with E-state index < -0.39 is 0 Å². The van der Waals surface area contributed by atoms with Crippen molar-refractivity contribution in [2.24, 2.45) is 0 Å². The van der Waals surface area contributed by atoms with Gasteiger partial charge in [-0.3, -0.25) is 14.7 Å². The lowest BCUT2D eigenvalue weighted by Gasteiger charge is -2.09. The van der Waals surface area contributed by atoms with Crippen molar-refractivity contribution in [3.63, 3.8) is 0 Å². The molecule has 0 saturated heterocycles. The first kappa shape index (κ1) is 22.2. The molecule has 0 aliphatic rings. The number of nitrogens with zero attached hydrogens (tertiary/aromatic N) is 5. The Hall–Kier alpha value is -3.02. The first-order valence-corrected chi connectivity index (χ1v) is 12.0. The summed E-state index contributed by atoms with van der Waals surface area (Å²) in [6, 6.07) is 14.7. The van der Waals surface area contributed by atoms with E-state index in [9.17, 15) is 9.90 Å². The Labute approximate surface area is 200 Å². The number of carbonyl (C=O) groups is 1. The highest BCUT2D eigenvalue weighted by Crippen LogP contribution is 2.33. The summed E-state index contributed by atoms with van der Waals surface area (Å²) >= 11 is 5.95. The molecule has 0 atom stereocenters. The van der Waals surface area contributed by atoms with Crippen LogP contribution in [-0.4, -0.2) is 41.7 Å². The van der Waals surface area contributed by atoms with Crippen LogP contribution in [0.15, 0.2) is 70.8 Å². The molecule has 0 bridgehead atoms. The van der Waals surface area contributed by atoms with E-state index in [2.05, 4.69) is 48.2 Å². The second-order valence-electron chi connectivity index (χ2n) is 6.48. The minimum atomic E-state index is -0.231. The van der Waals surface area contributed by atoms with Gasteiger partial charge in [-0.2, -0.15) is 0 Å². The highest BCUT2D eigenvalue weighted by atomic mass is 79.9. The van der Waals surface area contributed by atoms with Gasteiger partial charge in [0.05, 0.1) is 11.3 Å². The quantitative estimate of drug-likeness (QED) is 0.248. The molecular weight excluding hydrogens is 512 g/mol. The van der Waals surface area contributed by atoms with E-state index in [1.807, 2.05) is 30.3 Å². The lowest BCUT2D eigenvalue weighted by Crippen LogP contribution is -2.14. The Morgan fingerprint density at radius 3 is 2.78 bits per heavy atom. The van der Waals surface area contributed by atoms with Gasteiger partial charge in [0.1, 0.15) is 10.8 Å². The van der Waals surface area contributed by atoms with Crippen LogP contribution in [-0.2, 0) is 11.3 Å². The molecule has 0 aliphatic heterocycles. The Bertz CT molecular complexity index is 1260. The van der Waals surface area contributed by atoms with Gasteiger partial charge < -0.3 is 5.11 Å². The summed E-state index contributed by atoms with van der Waals surface area (Å²) in [6.07, 6.45) is 1.71. The predicted molar refractivity (Wildman–Crippen MR) is 130 cm³/mol. The van der Waals surface area contributed by atoms with Gasteiger partial charge in [0.15, 0.2) is 11.0 Å². The molecule has 2 aromatic heterocycles. The molecule has 8 nitrogen and oxygen atoms in total. The molecule has 32 heavy (non-hydrogen) atoms. The zero-order valence-electron chi connectivity index (χ0n) is 16.6. The van der Waals surface area contributed by atoms with Crippen molar-refractivity contribution in [2.45, 2.75) is 11.7 Å². The molecule has 0 saturated carbocycles. The zero-order chi connectivity index (χ0) is 22.5. The lowest BCUT2D eigenvalue weighted by atomic mass is 10.2. The van der Waals surface area contributed by atoms with Gasteiger partial charge in [0, 0.05) is 16.6 Å². The normalized spacial score (nSPS) is 10.8. The molecular formula is C21H17BrN6O2S2. The fourth-order valence-corrected chi connectivity index (χ4v) is 4.71. The fraction of sp³-hybridized carbons (Fsp3) is 0.0952. The molecule has 4 rings (SSSR count). The number of hydrogen-bond donors (Lipinski definition) is 2. The summed E-state index contributed by atoms with van der Waals surface area (Å²) in [5.74, 6) is 0.458. The first-order chi connectivity index (χ1) is 15.5. The van der Waals surface area contributed by atoms with Gasteiger partial charge in [-0.1, -0.05) is 75.4 Å². The van der Waals surface area contributed by atoms with E-state index in [4.69, 9.17) is 0 Å². The van der Waals surface area contributed by atoms with Crippen LogP contribution in [0.3, 0.4) is 0 Å². The number of thioether (sulfide) groups is 1. The van der Waals surface area contributed by atoms with Crippen LogP contribution in [0.25, 0.3) is 22.0 Å². The van der Waals surface area contributed by atoms with Gasteiger partial charge in [-0.25, -0.2) is 0 Å². The van der Waals surface area contributed by atoms with E-state index in [1.54, 1.807) is 28.8 Å². The molecule has 4 aromatic rings. The van der Waals surface area contributed by atoms with Crippen LogP contribution in [0.1, 0.15) is 0 Å². The van der Waals surface area contributed by atoms with Crippen molar-refractivity contribution in [3.05, 3.63) is 65.7 Å². The number of aromatic nitrogens is 5. The Morgan fingerprint density at radius 2 is 2.00 bits per heavy atom. The number of phenolic OH excluding ortho intramolecular Hbond substituents is 1. The lowest BCUT2D eigenvalue weighted by molar-refractivity contribution is -0.113. The smallest absolute Gasteiger partial charge is 0.236 e. The summed E-state index contributed by atoms with van der Waals surface area (Å²) in [5.41, 5.74) is 1.48. The van der Waals surface area contributed by atoms with Crippen LogP contribution >= 0.6 is 39.0 Å². The predicted octanol–water partition coefficient (Wildman–Crippen LogP) is 4.85. The molecule has 2 heterocycles. The molecule has 2 aromatic carbocycles. The molecule has 162 valence electrons. The zero-order valence-corrected chi connectivity index (χ0v) is 19.8. The monoisotopic (exact) mass is 528 g/mol. The second-order valence-corrected chi connectivity index (χ2v) is 9.32. The summed E-state index contributed by atoms with van der Waals surface area (Å²) in [6.45, 7) is 4.20.